The summed E-state index contributed by atoms with van der Waals surface area (Å²) in [5.74, 6) is 2.79. The molecule has 2 N–H and O–H groups in total. The zero-order chi connectivity index (χ0) is 14.4. The number of sulfonamides is 1. The van der Waals surface area contributed by atoms with Gasteiger partial charge in [0.05, 0.1) is 0 Å². The van der Waals surface area contributed by atoms with Crippen LogP contribution in [0.2, 0.25) is 0 Å². The molecule has 2 heterocycles. The molecule has 20 heavy (non-hydrogen) atoms. The van der Waals surface area contributed by atoms with Crippen LogP contribution in [-0.4, -0.2) is 33.0 Å². The SMILES string of the molecule is CCNCc1ccc(S(=O)(=O)NCC2CCSCC2)s1. The van der Waals surface area contributed by atoms with Crippen molar-refractivity contribution in [3.8, 4) is 0 Å². The maximum Gasteiger partial charge on any atom is 0.250 e. The second kappa shape index (κ2) is 7.79. The molecule has 4 nitrogen and oxygen atoms in total. The molecular weight excluding hydrogens is 312 g/mol. The molecule has 0 spiro atoms. The number of nitrogens with one attached hydrogen (secondary N) is 2. The van der Waals surface area contributed by atoms with Crippen LogP contribution in [0.3, 0.4) is 0 Å². The maximum atomic E-state index is 12.2. The van der Waals surface area contributed by atoms with Gasteiger partial charge in [0.15, 0.2) is 0 Å². The molecule has 2 rings (SSSR count). The van der Waals surface area contributed by atoms with E-state index in [0.29, 0.717) is 16.7 Å². The van der Waals surface area contributed by atoms with Crippen molar-refractivity contribution in [2.75, 3.05) is 24.6 Å². The van der Waals surface area contributed by atoms with Crippen LogP contribution in [0.1, 0.15) is 24.6 Å². The second-order valence-corrected chi connectivity index (χ2v) is 9.30. The van der Waals surface area contributed by atoms with Gasteiger partial charge in [-0.3, -0.25) is 0 Å². The van der Waals surface area contributed by atoms with Gasteiger partial charge in [0.1, 0.15) is 4.21 Å². The Morgan fingerprint density at radius 3 is 2.75 bits per heavy atom. The van der Waals surface area contributed by atoms with E-state index < -0.39 is 10.0 Å². The van der Waals surface area contributed by atoms with Crippen LogP contribution in [0, 0.1) is 5.92 Å². The van der Waals surface area contributed by atoms with Crippen molar-refractivity contribution in [3.05, 3.63) is 17.0 Å². The summed E-state index contributed by atoms with van der Waals surface area (Å²) in [5.41, 5.74) is 0. The monoisotopic (exact) mass is 334 g/mol. The minimum absolute atomic E-state index is 0.426. The summed E-state index contributed by atoms with van der Waals surface area (Å²) in [5, 5.41) is 3.21. The van der Waals surface area contributed by atoms with Crippen LogP contribution >= 0.6 is 23.1 Å². The molecule has 0 bridgehead atoms. The smallest absolute Gasteiger partial charge is 0.250 e. The Morgan fingerprint density at radius 2 is 2.05 bits per heavy atom. The standard InChI is InChI=1S/C13H22N2O2S3/c1-2-14-10-12-3-4-13(19-12)20(16,17)15-9-11-5-7-18-8-6-11/h3-4,11,14-15H,2,5-10H2,1H3. The number of thioether (sulfide) groups is 1. The second-order valence-electron chi connectivity index (χ2n) is 4.91. The minimum atomic E-state index is -3.33. The third-order valence-corrected chi connectivity index (χ3v) is 7.40. The number of rotatable bonds is 7. The normalized spacial score (nSPS) is 17.4. The largest absolute Gasteiger partial charge is 0.312 e. The molecule has 0 unspecified atom stereocenters. The predicted octanol–water partition coefficient (Wildman–Crippen LogP) is 2.28. The van der Waals surface area contributed by atoms with Gasteiger partial charge >= 0.3 is 0 Å². The quantitative estimate of drug-likeness (QED) is 0.803. The van der Waals surface area contributed by atoms with Gasteiger partial charge < -0.3 is 5.32 Å². The first kappa shape index (κ1) is 16.3. The van der Waals surface area contributed by atoms with Crippen molar-refractivity contribution in [1.29, 1.82) is 0 Å². The molecule has 1 aromatic heterocycles. The van der Waals surface area contributed by atoms with Crippen molar-refractivity contribution >= 4 is 33.1 Å². The van der Waals surface area contributed by atoms with Crippen molar-refractivity contribution in [2.45, 2.75) is 30.5 Å². The first-order valence-corrected chi connectivity index (χ1v) is 10.4. The van der Waals surface area contributed by atoms with Gasteiger partial charge in [0.2, 0.25) is 10.0 Å². The molecule has 1 fully saturated rings. The van der Waals surface area contributed by atoms with Crippen molar-refractivity contribution in [3.63, 3.8) is 0 Å². The van der Waals surface area contributed by atoms with Gasteiger partial charge in [-0.2, -0.15) is 11.8 Å². The van der Waals surface area contributed by atoms with Gasteiger partial charge in [-0.25, -0.2) is 13.1 Å². The Kier molecular flexibility index (Phi) is 6.35. The number of hydrogen-bond acceptors (Lipinski definition) is 5. The van der Waals surface area contributed by atoms with Crippen LogP contribution < -0.4 is 10.0 Å². The predicted molar refractivity (Wildman–Crippen MR) is 86.9 cm³/mol. The highest BCUT2D eigenvalue weighted by molar-refractivity contribution is 7.99. The summed E-state index contributed by atoms with van der Waals surface area (Å²) in [4.78, 5) is 1.06. The van der Waals surface area contributed by atoms with Gasteiger partial charge in [0, 0.05) is 18.0 Å². The van der Waals surface area contributed by atoms with Crippen molar-refractivity contribution < 1.29 is 8.42 Å². The molecule has 0 saturated carbocycles. The Labute approximate surface area is 129 Å². The lowest BCUT2D eigenvalue weighted by Gasteiger charge is -2.21. The van der Waals surface area contributed by atoms with E-state index in [1.807, 2.05) is 24.8 Å². The zero-order valence-corrected chi connectivity index (χ0v) is 14.2. The molecule has 114 valence electrons. The van der Waals surface area contributed by atoms with Crippen LogP contribution in [-0.2, 0) is 16.6 Å². The molecule has 0 aromatic carbocycles. The molecule has 1 aliphatic heterocycles. The lowest BCUT2D eigenvalue weighted by molar-refractivity contribution is 0.477. The Bertz CT molecular complexity index is 507. The van der Waals surface area contributed by atoms with Gasteiger partial charge in [-0.05, 0) is 48.9 Å². The molecule has 0 aliphatic carbocycles. The minimum Gasteiger partial charge on any atom is -0.312 e. The highest BCUT2D eigenvalue weighted by Gasteiger charge is 2.20. The van der Waals surface area contributed by atoms with Crippen LogP contribution in [0.5, 0.6) is 0 Å². The highest BCUT2D eigenvalue weighted by Crippen LogP contribution is 2.24. The average Bonchev–Trinajstić information content (AvgIpc) is 2.94. The van der Waals surface area contributed by atoms with Crippen molar-refractivity contribution in [2.24, 2.45) is 5.92 Å². The Balaban J connectivity index is 1.90. The van der Waals surface area contributed by atoms with Crippen LogP contribution in [0.15, 0.2) is 16.3 Å². The number of thiophene rings is 1. The van der Waals surface area contributed by atoms with E-state index in [0.717, 1.165) is 42.3 Å². The van der Waals surface area contributed by atoms with E-state index in [4.69, 9.17) is 0 Å². The molecular formula is C13H22N2O2S3. The fourth-order valence-corrected chi connectivity index (χ4v) is 5.79. The van der Waals surface area contributed by atoms with E-state index in [1.165, 1.54) is 11.3 Å². The molecule has 0 atom stereocenters. The topological polar surface area (TPSA) is 58.2 Å². The molecule has 1 saturated heterocycles. The summed E-state index contributed by atoms with van der Waals surface area (Å²) in [6, 6.07) is 3.59. The summed E-state index contributed by atoms with van der Waals surface area (Å²) in [7, 11) is -3.33. The van der Waals surface area contributed by atoms with Crippen molar-refractivity contribution in [1.82, 2.24) is 10.0 Å². The van der Waals surface area contributed by atoms with Gasteiger partial charge in [-0.1, -0.05) is 6.92 Å². The fourth-order valence-electron chi connectivity index (χ4n) is 2.10. The van der Waals surface area contributed by atoms with Gasteiger partial charge in [0.25, 0.3) is 0 Å². The maximum absolute atomic E-state index is 12.2. The first-order valence-electron chi connectivity index (χ1n) is 6.98. The van der Waals surface area contributed by atoms with E-state index in [2.05, 4.69) is 10.0 Å². The first-order chi connectivity index (χ1) is 9.62. The molecule has 1 aromatic rings. The van der Waals surface area contributed by atoms with E-state index >= 15 is 0 Å². The number of hydrogen-bond donors (Lipinski definition) is 2. The lowest BCUT2D eigenvalue weighted by Crippen LogP contribution is -2.30. The summed E-state index contributed by atoms with van der Waals surface area (Å²) in [6.45, 7) is 4.23. The third kappa shape index (κ3) is 4.73. The van der Waals surface area contributed by atoms with E-state index in [9.17, 15) is 8.42 Å². The summed E-state index contributed by atoms with van der Waals surface area (Å²) in [6.07, 6.45) is 2.23. The average molecular weight is 335 g/mol. The third-order valence-electron chi connectivity index (χ3n) is 3.35. The van der Waals surface area contributed by atoms with Crippen LogP contribution in [0.25, 0.3) is 0 Å². The summed E-state index contributed by atoms with van der Waals surface area (Å²) < 4.78 is 27.7. The molecule has 1 aliphatic rings. The Hall–Kier alpha value is -0.0800. The zero-order valence-electron chi connectivity index (χ0n) is 11.7. The van der Waals surface area contributed by atoms with E-state index in [1.54, 1.807) is 6.07 Å². The lowest BCUT2D eigenvalue weighted by atomic mass is 10.0. The fraction of sp³-hybridized carbons (Fsp3) is 0.692. The van der Waals surface area contributed by atoms with Gasteiger partial charge in [-0.15, -0.1) is 11.3 Å². The molecule has 7 heteroatoms. The highest BCUT2D eigenvalue weighted by atomic mass is 32.2. The van der Waals surface area contributed by atoms with E-state index in [-0.39, 0.29) is 0 Å². The molecule has 0 radical (unpaired) electrons. The Morgan fingerprint density at radius 1 is 1.30 bits per heavy atom. The van der Waals surface area contributed by atoms with Crippen LogP contribution in [0.4, 0.5) is 0 Å². The summed E-state index contributed by atoms with van der Waals surface area (Å²) >= 11 is 3.31. The molecule has 0 amide bonds.